The fourth-order valence-electron chi connectivity index (χ4n) is 4.78. The smallest absolute Gasteiger partial charge is 0.333 e. The molecule has 2 aromatic carbocycles. The minimum atomic E-state index is -0.659. The maximum atomic E-state index is 12.9. The van der Waals surface area contributed by atoms with Crippen LogP contribution >= 0.6 is 0 Å². The molecule has 0 amide bonds. The number of carbonyl (C=O) groups excluding carboxylic acids is 1. The van der Waals surface area contributed by atoms with Crippen molar-refractivity contribution < 1.29 is 38.3 Å². The van der Waals surface area contributed by atoms with E-state index in [0.717, 1.165) is 5.56 Å². The van der Waals surface area contributed by atoms with E-state index in [1.165, 1.54) is 7.11 Å². The molecule has 0 aromatic heterocycles. The SMILES string of the molecule is CC=C(C)C(=O)OC1c2cc3c(c(O)c2-c2c(cc(OC)c(OC)c2OC)CC(C)C1C)OCO3. The third-order valence-electron chi connectivity index (χ3n) is 7.04. The number of rotatable bonds is 5. The van der Waals surface area contributed by atoms with Crippen molar-refractivity contribution in [1.82, 2.24) is 0 Å². The van der Waals surface area contributed by atoms with E-state index in [9.17, 15) is 9.90 Å². The van der Waals surface area contributed by atoms with Gasteiger partial charge in [0.2, 0.25) is 18.3 Å². The second kappa shape index (κ2) is 9.60. The van der Waals surface area contributed by atoms with E-state index in [4.69, 9.17) is 28.4 Å². The number of phenols is 1. The lowest BCUT2D eigenvalue weighted by molar-refractivity contribution is -0.148. The molecule has 2 aromatic rings. The van der Waals surface area contributed by atoms with Crippen LogP contribution in [0.1, 0.15) is 44.9 Å². The van der Waals surface area contributed by atoms with Crippen LogP contribution in [-0.4, -0.2) is 39.2 Å². The first-order valence-electron chi connectivity index (χ1n) is 11.6. The Morgan fingerprint density at radius 2 is 1.77 bits per heavy atom. The van der Waals surface area contributed by atoms with Crippen molar-refractivity contribution in [1.29, 1.82) is 0 Å². The van der Waals surface area contributed by atoms with Crippen LogP contribution in [0.25, 0.3) is 11.1 Å². The van der Waals surface area contributed by atoms with Crippen LogP contribution in [0.4, 0.5) is 0 Å². The lowest BCUT2D eigenvalue weighted by Gasteiger charge is -2.35. The number of aromatic hydroxyl groups is 1. The normalized spacial score (nSPS) is 20.8. The largest absolute Gasteiger partial charge is 0.504 e. The van der Waals surface area contributed by atoms with Crippen molar-refractivity contribution in [3.8, 4) is 45.6 Å². The minimum absolute atomic E-state index is 0.0181. The summed E-state index contributed by atoms with van der Waals surface area (Å²) in [4.78, 5) is 12.9. The first-order valence-corrected chi connectivity index (χ1v) is 11.6. The molecule has 1 N–H and O–H groups in total. The van der Waals surface area contributed by atoms with Gasteiger partial charge in [-0.3, -0.25) is 0 Å². The van der Waals surface area contributed by atoms with Crippen LogP contribution in [0, 0.1) is 11.8 Å². The molecule has 0 spiro atoms. The molecule has 1 heterocycles. The summed E-state index contributed by atoms with van der Waals surface area (Å²) in [6.07, 6.45) is 1.68. The highest BCUT2D eigenvalue weighted by Crippen LogP contribution is 2.58. The van der Waals surface area contributed by atoms with Crippen molar-refractivity contribution in [2.75, 3.05) is 28.1 Å². The Labute approximate surface area is 205 Å². The molecule has 2 aliphatic rings. The number of hydrogen-bond donors (Lipinski definition) is 1. The highest BCUT2D eigenvalue weighted by Gasteiger charge is 2.39. The van der Waals surface area contributed by atoms with Crippen LogP contribution in [0.5, 0.6) is 34.5 Å². The van der Waals surface area contributed by atoms with Gasteiger partial charge >= 0.3 is 5.97 Å². The number of ether oxygens (including phenoxy) is 6. The summed E-state index contributed by atoms with van der Waals surface area (Å²) in [7, 11) is 4.64. The Morgan fingerprint density at radius 3 is 2.40 bits per heavy atom. The maximum absolute atomic E-state index is 12.9. The third kappa shape index (κ3) is 4.00. The van der Waals surface area contributed by atoms with Gasteiger partial charge in [0, 0.05) is 28.2 Å². The van der Waals surface area contributed by atoms with Crippen molar-refractivity contribution in [3.05, 3.63) is 34.9 Å². The first-order chi connectivity index (χ1) is 16.8. The summed E-state index contributed by atoms with van der Waals surface area (Å²) in [5, 5.41) is 11.5. The van der Waals surface area contributed by atoms with Crippen molar-refractivity contribution >= 4 is 5.97 Å². The van der Waals surface area contributed by atoms with Gasteiger partial charge in [0.25, 0.3) is 0 Å². The van der Waals surface area contributed by atoms with Crippen LogP contribution in [-0.2, 0) is 16.0 Å². The summed E-state index contributed by atoms with van der Waals surface area (Å²) >= 11 is 0. The Morgan fingerprint density at radius 1 is 1.06 bits per heavy atom. The summed E-state index contributed by atoms with van der Waals surface area (Å²) in [6.45, 7) is 7.64. The molecule has 0 radical (unpaired) electrons. The molecular weight excluding hydrogens is 452 g/mol. The fraction of sp³-hybridized carbons (Fsp3) is 0.444. The van der Waals surface area contributed by atoms with Crippen LogP contribution in [0.3, 0.4) is 0 Å². The molecule has 3 unspecified atom stereocenters. The molecule has 0 saturated carbocycles. The summed E-state index contributed by atoms with van der Waals surface area (Å²) < 4.78 is 34.4. The molecule has 8 nitrogen and oxygen atoms in total. The molecule has 0 bridgehead atoms. The van der Waals surface area contributed by atoms with Gasteiger partial charge in [-0.15, -0.1) is 0 Å². The lowest BCUT2D eigenvalue weighted by Crippen LogP contribution is -2.26. The van der Waals surface area contributed by atoms with Crippen LogP contribution in [0.15, 0.2) is 23.8 Å². The highest BCUT2D eigenvalue weighted by molar-refractivity contribution is 5.90. The van der Waals surface area contributed by atoms with Crippen molar-refractivity contribution in [2.45, 2.75) is 40.2 Å². The Hall–Kier alpha value is -3.55. The van der Waals surface area contributed by atoms with Gasteiger partial charge in [0.15, 0.2) is 23.0 Å². The zero-order chi connectivity index (χ0) is 25.4. The van der Waals surface area contributed by atoms with Crippen LogP contribution < -0.4 is 23.7 Å². The van der Waals surface area contributed by atoms with Gasteiger partial charge in [-0.25, -0.2) is 4.79 Å². The zero-order valence-corrected chi connectivity index (χ0v) is 21.2. The Balaban J connectivity index is 2.09. The van der Waals surface area contributed by atoms with Gasteiger partial charge in [0.05, 0.1) is 21.3 Å². The van der Waals surface area contributed by atoms with Gasteiger partial charge < -0.3 is 33.5 Å². The molecule has 1 aliphatic carbocycles. The second-order valence-electron chi connectivity index (χ2n) is 8.94. The summed E-state index contributed by atoms with van der Waals surface area (Å²) in [5.41, 5.74) is 3.11. The van der Waals surface area contributed by atoms with Gasteiger partial charge in [-0.05, 0) is 43.9 Å². The van der Waals surface area contributed by atoms with E-state index in [2.05, 4.69) is 6.92 Å². The third-order valence-corrected chi connectivity index (χ3v) is 7.04. The Kier molecular flexibility index (Phi) is 6.74. The Bertz CT molecular complexity index is 1180. The van der Waals surface area contributed by atoms with Crippen LogP contribution in [0.2, 0.25) is 0 Å². The van der Waals surface area contributed by atoms with Gasteiger partial charge in [-0.1, -0.05) is 19.9 Å². The van der Waals surface area contributed by atoms with Crippen molar-refractivity contribution in [2.24, 2.45) is 11.8 Å². The monoisotopic (exact) mass is 484 g/mol. The number of hydrogen-bond acceptors (Lipinski definition) is 8. The summed E-state index contributed by atoms with van der Waals surface area (Å²) in [5.74, 6) is 1.46. The quantitative estimate of drug-likeness (QED) is 0.458. The van der Waals surface area contributed by atoms with E-state index >= 15 is 0 Å². The molecule has 1 aliphatic heterocycles. The van der Waals surface area contributed by atoms with Gasteiger partial charge in [0.1, 0.15) is 6.10 Å². The number of esters is 1. The first kappa shape index (κ1) is 24.6. The molecule has 4 rings (SSSR count). The number of fused-ring (bicyclic) bond motifs is 4. The fourth-order valence-corrected chi connectivity index (χ4v) is 4.78. The number of phenolic OH excluding ortho intramolecular Hbond substituents is 1. The van der Waals surface area contributed by atoms with Crippen molar-refractivity contribution in [3.63, 3.8) is 0 Å². The number of methoxy groups -OCH3 is 3. The predicted octanol–water partition coefficient (Wildman–Crippen LogP) is 5.19. The second-order valence-corrected chi connectivity index (χ2v) is 8.94. The molecule has 188 valence electrons. The maximum Gasteiger partial charge on any atom is 0.333 e. The summed E-state index contributed by atoms with van der Waals surface area (Å²) in [6, 6.07) is 3.69. The topological polar surface area (TPSA) is 92.7 Å². The predicted molar refractivity (Wildman–Crippen MR) is 130 cm³/mol. The molecule has 0 fully saturated rings. The number of benzene rings is 2. The number of allylic oxidation sites excluding steroid dienone is 1. The van der Waals surface area contributed by atoms with E-state index in [0.29, 0.717) is 51.7 Å². The van der Waals surface area contributed by atoms with E-state index in [-0.39, 0.29) is 30.1 Å². The highest BCUT2D eigenvalue weighted by atomic mass is 16.7. The lowest BCUT2D eigenvalue weighted by atomic mass is 9.76. The molecule has 3 atom stereocenters. The van der Waals surface area contributed by atoms with E-state index < -0.39 is 12.1 Å². The number of carbonyl (C=O) groups is 1. The average molecular weight is 485 g/mol. The molecular formula is C27H32O8. The van der Waals surface area contributed by atoms with E-state index in [1.54, 1.807) is 40.2 Å². The van der Waals surface area contributed by atoms with E-state index in [1.807, 2.05) is 13.0 Å². The standard InChI is InChI=1S/C27H32O8/c1-8-13(2)27(29)35-23-15(4)14(3)9-16-10-18(30-5)25(31-6)26(32-7)20(16)21-17(23)11-19-24(22(21)28)34-12-33-19/h8,10-11,14-15,23,28H,9,12H2,1-7H3. The zero-order valence-electron chi connectivity index (χ0n) is 21.2. The molecule has 35 heavy (non-hydrogen) atoms. The minimum Gasteiger partial charge on any atom is -0.504 e. The molecule has 8 heteroatoms. The van der Waals surface area contributed by atoms with Gasteiger partial charge in [-0.2, -0.15) is 0 Å². The average Bonchev–Trinajstić information content (AvgIpc) is 3.34. The molecule has 0 saturated heterocycles.